The van der Waals surface area contributed by atoms with Gasteiger partial charge in [-0.2, -0.15) is 0 Å². The molecule has 0 aliphatic carbocycles. The summed E-state index contributed by atoms with van der Waals surface area (Å²) in [6.07, 6.45) is 5.22. The maximum absolute atomic E-state index is 4.29. The van der Waals surface area contributed by atoms with E-state index in [0.717, 1.165) is 20.0 Å². The third-order valence-electron chi connectivity index (χ3n) is 1.77. The summed E-state index contributed by atoms with van der Waals surface area (Å²) in [5.41, 5.74) is 0. The predicted octanol–water partition coefficient (Wildman–Crippen LogP) is 2.49. The van der Waals surface area contributed by atoms with Gasteiger partial charge >= 0.3 is 0 Å². The molecule has 0 N–H and O–H groups in total. The first-order valence-electron chi connectivity index (χ1n) is 4.05. The van der Waals surface area contributed by atoms with E-state index in [1.165, 1.54) is 0 Å². The number of hydrogen-bond acceptors (Lipinski definition) is 5. The lowest BCUT2D eigenvalue weighted by molar-refractivity contribution is 0.892. The Kier molecular flexibility index (Phi) is 1.92. The van der Waals surface area contributed by atoms with Crippen LogP contribution in [-0.4, -0.2) is 15.0 Å². The van der Waals surface area contributed by atoms with Crippen LogP contribution in [0.2, 0.25) is 0 Å². The molecule has 0 amide bonds. The number of nitrogens with zero attached hydrogens (tertiary/aromatic N) is 3. The molecule has 0 aromatic carbocycles. The molecule has 0 radical (unpaired) electrons. The summed E-state index contributed by atoms with van der Waals surface area (Å²) in [5.74, 6) is 0. The maximum Gasteiger partial charge on any atom is 0.135 e. The number of aromatic nitrogens is 3. The first-order chi connectivity index (χ1) is 6.93. The van der Waals surface area contributed by atoms with E-state index in [9.17, 15) is 0 Å². The van der Waals surface area contributed by atoms with Crippen LogP contribution in [0.25, 0.3) is 0 Å². The van der Waals surface area contributed by atoms with Crippen LogP contribution in [0.3, 0.4) is 0 Å². The monoisotopic (exact) mass is 219 g/mol. The van der Waals surface area contributed by atoms with Crippen molar-refractivity contribution in [1.82, 2.24) is 15.0 Å². The highest BCUT2D eigenvalue weighted by Crippen LogP contribution is 2.44. The van der Waals surface area contributed by atoms with Gasteiger partial charge in [0.25, 0.3) is 0 Å². The van der Waals surface area contributed by atoms with E-state index in [4.69, 9.17) is 0 Å². The summed E-state index contributed by atoms with van der Waals surface area (Å²) in [5, 5.41) is 2.94. The molecule has 14 heavy (non-hydrogen) atoms. The van der Waals surface area contributed by atoms with Crippen LogP contribution in [-0.2, 0) is 0 Å². The fourth-order valence-electron chi connectivity index (χ4n) is 1.18. The van der Waals surface area contributed by atoms with Gasteiger partial charge in [0.1, 0.15) is 15.1 Å². The van der Waals surface area contributed by atoms with E-state index in [1.807, 2.05) is 6.07 Å². The highest BCUT2D eigenvalue weighted by Gasteiger charge is 2.18. The molecule has 2 aromatic rings. The van der Waals surface area contributed by atoms with Gasteiger partial charge in [0.15, 0.2) is 0 Å². The number of pyridine rings is 1. The lowest BCUT2D eigenvalue weighted by Crippen LogP contribution is -1.95. The Hall–Kier alpha value is -1.07. The second-order valence-electron chi connectivity index (χ2n) is 2.68. The molecule has 2 aromatic heterocycles. The second kappa shape index (κ2) is 3.25. The minimum absolute atomic E-state index is 0.948. The van der Waals surface area contributed by atoms with Crippen LogP contribution in [0.5, 0.6) is 0 Å². The Morgan fingerprint density at radius 3 is 2.36 bits per heavy atom. The Morgan fingerprint density at radius 2 is 1.50 bits per heavy atom. The number of fused-ring (bicyclic) bond motifs is 2. The zero-order valence-electron chi connectivity index (χ0n) is 7.04. The first-order valence-corrected chi connectivity index (χ1v) is 5.68. The van der Waals surface area contributed by atoms with Crippen molar-refractivity contribution in [2.45, 2.75) is 20.0 Å². The summed E-state index contributed by atoms with van der Waals surface area (Å²) in [6, 6.07) is 3.99. The molecular weight excluding hydrogens is 214 g/mol. The van der Waals surface area contributed by atoms with Crippen LogP contribution < -0.4 is 0 Å². The van der Waals surface area contributed by atoms with Crippen molar-refractivity contribution in [2.24, 2.45) is 0 Å². The maximum atomic E-state index is 4.29. The van der Waals surface area contributed by atoms with Crippen molar-refractivity contribution in [3.05, 3.63) is 30.7 Å². The molecule has 0 unspecified atom stereocenters. The summed E-state index contributed by atoms with van der Waals surface area (Å²) in [6.45, 7) is 0. The van der Waals surface area contributed by atoms with E-state index in [1.54, 1.807) is 42.1 Å². The summed E-state index contributed by atoms with van der Waals surface area (Å²) >= 11 is 3.20. The Morgan fingerprint density at radius 1 is 0.786 bits per heavy atom. The minimum atomic E-state index is 0.948. The van der Waals surface area contributed by atoms with E-state index in [0.29, 0.717) is 0 Å². The molecule has 0 saturated carbocycles. The van der Waals surface area contributed by atoms with Gasteiger partial charge in [0, 0.05) is 23.5 Å². The molecule has 0 spiro atoms. The Bertz CT molecular complexity index is 399. The molecule has 68 valence electrons. The zero-order valence-corrected chi connectivity index (χ0v) is 8.68. The molecule has 3 rings (SSSR count). The highest BCUT2D eigenvalue weighted by molar-refractivity contribution is 8.05. The molecule has 1 aliphatic rings. The quantitative estimate of drug-likeness (QED) is 0.581. The third-order valence-corrected chi connectivity index (χ3v) is 4.08. The average Bonchev–Trinajstić information content (AvgIpc) is 2.26. The standard InChI is InChI=1S/C9H5N3S2/c1-2-6-7(10-3-1)14-9-8(13-6)11-4-5-12-9/h1-5H. The lowest BCUT2D eigenvalue weighted by Gasteiger charge is -2.13. The van der Waals surface area contributed by atoms with Gasteiger partial charge in [-0.05, 0) is 23.9 Å². The van der Waals surface area contributed by atoms with E-state index in [2.05, 4.69) is 21.0 Å². The van der Waals surface area contributed by atoms with Gasteiger partial charge < -0.3 is 0 Å². The molecule has 3 heterocycles. The SMILES string of the molecule is c1cnc2c(c1)Sc1nccnc1S2. The van der Waals surface area contributed by atoms with Crippen molar-refractivity contribution >= 4 is 23.5 Å². The van der Waals surface area contributed by atoms with Crippen LogP contribution >= 0.6 is 23.5 Å². The van der Waals surface area contributed by atoms with Crippen molar-refractivity contribution in [3.63, 3.8) is 0 Å². The highest BCUT2D eigenvalue weighted by atomic mass is 32.2. The molecule has 3 nitrogen and oxygen atoms in total. The summed E-state index contributed by atoms with van der Waals surface area (Å²) in [4.78, 5) is 14.0. The smallest absolute Gasteiger partial charge is 0.135 e. The first kappa shape index (κ1) is 8.26. The summed E-state index contributed by atoms with van der Waals surface area (Å²) in [7, 11) is 0. The molecule has 0 atom stereocenters. The Balaban J connectivity index is 2.12. The number of hydrogen-bond donors (Lipinski definition) is 0. The van der Waals surface area contributed by atoms with E-state index >= 15 is 0 Å². The number of rotatable bonds is 0. The van der Waals surface area contributed by atoms with Crippen molar-refractivity contribution in [3.8, 4) is 0 Å². The van der Waals surface area contributed by atoms with Gasteiger partial charge in [-0.15, -0.1) is 0 Å². The zero-order chi connectivity index (χ0) is 9.38. The molecule has 0 bridgehead atoms. The normalized spacial score (nSPS) is 13.1. The van der Waals surface area contributed by atoms with Gasteiger partial charge in [0.05, 0.1) is 0 Å². The van der Waals surface area contributed by atoms with E-state index < -0.39 is 0 Å². The Labute approximate surface area is 89.4 Å². The van der Waals surface area contributed by atoms with Crippen LogP contribution in [0.15, 0.2) is 50.7 Å². The van der Waals surface area contributed by atoms with Crippen molar-refractivity contribution in [1.29, 1.82) is 0 Å². The molecule has 1 aliphatic heterocycles. The van der Waals surface area contributed by atoms with Gasteiger partial charge in [0.2, 0.25) is 0 Å². The topological polar surface area (TPSA) is 38.7 Å². The van der Waals surface area contributed by atoms with Crippen molar-refractivity contribution in [2.75, 3.05) is 0 Å². The van der Waals surface area contributed by atoms with Crippen LogP contribution in [0.4, 0.5) is 0 Å². The van der Waals surface area contributed by atoms with Gasteiger partial charge in [-0.25, -0.2) is 15.0 Å². The fourth-order valence-corrected chi connectivity index (χ4v) is 3.15. The summed E-state index contributed by atoms with van der Waals surface area (Å²) < 4.78 is 0. The third kappa shape index (κ3) is 1.29. The predicted molar refractivity (Wildman–Crippen MR) is 54.5 cm³/mol. The molecule has 5 heteroatoms. The molecule has 0 saturated heterocycles. The average molecular weight is 219 g/mol. The lowest BCUT2D eigenvalue weighted by atomic mass is 10.5. The van der Waals surface area contributed by atoms with Crippen molar-refractivity contribution < 1.29 is 0 Å². The largest absolute Gasteiger partial charge is 0.248 e. The molecular formula is C9H5N3S2. The van der Waals surface area contributed by atoms with Gasteiger partial charge in [-0.3, -0.25) is 0 Å². The van der Waals surface area contributed by atoms with Gasteiger partial charge in [-0.1, -0.05) is 11.8 Å². The van der Waals surface area contributed by atoms with Crippen LogP contribution in [0.1, 0.15) is 0 Å². The second-order valence-corrected chi connectivity index (χ2v) is 4.69. The van der Waals surface area contributed by atoms with E-state index in [-0.39, 0.29) is 0 Å². The molecule has 0 fully saturated rings. The minimum Gasteiger partial charge on any atom is -0.248 e. The van der Waals surface area contributed by atoms with Crippen LogP contribution in [0, 0.1) is 0 Å². The fraction of sp³-hybridized carbons (Fsp3) is 0.